The summed E-state index contributed by atoms with van der Waals surface area (Å²) in [6, 6.07) is 3.72. The van der Waals surface area contributed by atoms with Gasteiger partial charge in [0.2, 0.25) is 5.91 Å². The first kappa shape index (κ1) is 18.9. The van der Waals surface area contributed by atoms with E-state index in [9.17, 15) is 18.4 Å². The first-order valence-corrected chi connectivity index (χ1v) is 9.42. The lowest BCUT2D eigenvalue weighted by Crippen LogP contribution is -2.42. The van der Waals surface area contributed by atoms with Gasteiger partial charge >= 0.3 is 6.61 Å². The quantitative estimate of drug-likeness (QED) is 0.795. The van der Waals surface area contributed by atoms with E-state index in [0.717, 1.165) is 19.4 Å². The number of hydrogen-bond acceptors (Lipinski definition) is 4. The molecule has 1 saturated heterocycles. The van der Waals surface area contributed by atoms with Gasteiger partial charge in [-0.1, -0.05) is 11.6 Å². The summed E-state index contributed by atoms with van der Waals surface area (Å²) in [6.07, 6.45) is 4.24. The van der Waals surface area contributed by atoms with Crippen molar-refractivity contribution in [2.75, 3.05) is 13.1 Å². The summed E-state index contributed by atoms with van der Waals surface area (Å²) >= 11 is 5.96. The van der Waals surface area contributed by atoms with Crippen LogP contribution in [0.1, 0.15) is 29.6 Å². The number of benzene rings is 1. The van der Waals surface area contributed by atoms with Crippen molar-refractivity contribution >= 4 is 34.3 Å². The summed E-state index contributed by atoms with van der Waals surface area (Å²) in [5.74, 6) is -0.0381. The van der Waals surface area contributed by atoms with Gasteiger partial charge in [-0.05, 0) is 37.3 Å². The monoisotopic (exact) mass is 409 g/mol. The second-order valence-corrected chi connectivity index (χ2v) is 7.53. The molecule has 148 valence electrons. The van der Waals surface area contributed by atoms with Crippen LogP contribution in [0.15, 0.2) is 24.4 Å². The molecule has 1 saturated carbocycles. The first-order valence-electron chi connectivity index (χ1n) is 9.04. The Bertz CT molecular complexity index is 936. The summed E-state index contributed by atoms with van der Waals surface area (Å²) in [7, 11) is 0. The molecule has 1 aromatic carbocycles. The Kier molecular flexibility index (Phi) is 5.05. The van der Waals surface area contributed by atoms with Gasteiger partial charge in [0.15, 0.2) is 0 Å². The van der Waals surface area contributed by atoms with E-state index >= 15 is 0 Å². The van der Waals surface area contributed by atoms with Gasteiger partial charge in [-0.25, -0.2) is 0 Å². The normalized spacial score (nSPS) is 19.5. The summed E-state index contributed by atoms with van der Waals surface area (Å²) in [6.45, 7) is -1.58. The van der Waals surface area contributed by atoms with Crippen LogP contribution >= 0.6 is 11.6 Å². The Balaban J connectivity index is 1.47. The van der Waals surface area contributed by atoms with E-state index in [4.69, 9.17) is 11.6 Å². The molecule has 6 nitrogen and oxygen atoms in total. The molecule has 2 amide bonds. The van der Waals surface area contributed by atoms with Crippen molar-refractivity contribution in [3.8, 4) is 5.75 Å². The van der Waals surface area contributed by atoms with Gasteiger partial charge in [-0.3, -0.25) is 14.6 Å². The lowest BCUT2D eigenvalue weighted by atomic mass is 10.1. The largest absolute Gasteiger partial charge is 0.433 e. The number of rotatable bonds is 6. The average Bonchev–Trinajstić information content (AvgIpc) is 3.41. The number of nitrogens with one attached hydrogen (secondary N) is 1. The van der Waals surface area contributed by atoms with Gasteiger partial charge in [0, 0.05) is 30.7 Å². The molecule has 1 aliphatic heterocycles. The SMILES string of the molecule is O=C(NC1CCN(CC2CC2)C1=O)c1cnc2cc(OC(F)F)c(Cl)cc2c1. The number of fused-ring (bicyclic) bond motifs is 1. The van der Waals surface area contributed by atoms with Crippen LogP contribution < -0.4 is 10.1 Å². The topological polar surface area (TPSA) is 71.5 Å². The summed E-state index contributed by atoms with van der Waals surface area (Å²) < 4.78 is 29.2. The fraction of sp³-hybridized carbons (Fsp3) is 0.421. The zero-order valence-corrected chi connectivity index (χ0v) is 15.6. The molecule has 0 spiro atoms. The number of likely N-dealkylation sites (tertiary alicyclic amines) is 1. The highest BCUT2D eigenvalue weighted by atomic mass is 35.5. The van der Waals surface area contributed by atoms with Gasteiger partial charge in [-0.15, -0.1) is 0 Å². The third kappa shape index (κ3) is 4.01. The molecule has 2 aromatic rings. The van der Waals surface area contributed by atoms with Crippen LogP contribution in [-0.4, -0.2) is 47.4 Å². The van der Waals surface area contributed by atoms with Crippen molar-refractivity contribution in [3.05, 3.63) is 35.0 Å². The van der Waals surface area contributed by atoms with Gasteiger partial charge in [0.1, 0.15) is 11.8 Å². The van der Waals surface area contributed by atoms with Gasteiger partial charge in [0.05, 0.1) is 16.1 Å². The maximum Gasteiger partial charge on any atom is 0.387 e. The number of alkyl halides is 2. The fourth-order valence-corrected chi connectivity index (χ4v) is 3.56. The van der Waals surface area contributed by atoms with Crippen LogP contribution in [0.4, 0.5) is 8.78 Å². The smallest absolute Gasteiger partial charge is 0.387 e. The van der Waals surface area contributed by atoms with E-state index in [1.807, 2.05) is 4.90 Å². The molecule has 2 aliphatic rings. The van der Waals surface area contributed by atoms with Gasteiger partial charge < -0.3 is 15.0 Å². The number of amides is 2. The van der Waals surface area contributed by atoms with Crippen molar-refractivity contribution < 1.29 is 23.1 Å². The molecule has 1 N–H and O–H groups in total. The number of carbonyl (C=O) groups is 2. The first-order chi connectivity index (χ1) is 13.4. The molecule has 0 bridgehead atoms. The summed E-state index contributed by atoms with van der Waals surface area (Å²) in [5.41, 5.74) is 0.628. The van der Waals surface area contributed by atoms with E-state index in [1.54, 1.807) is 6.07 Å². The highest BCUT2D eigenvalue weighted by Crippen LogP contribution is 2.32. The molecule has 2 fully saturated rings. The number of aromatic nitrogens is 1. The van der Waals surface area contributed by atoms with Crippen LogP contribution in [0, 0.1) is 5.92 Å². The second-order valence-electron chi connectivity index (χ2n) is 7.12. The lowest BCUT2D eigenvalue weighted by molar-refractivity contribution is -0.129. The number of nitrogens with zero attached hydrogens (tertiary/aromatic N) is 2. The van der Waals surface area contributed by atoms with Crippen molar-refractivity contribution in [1.82, 2.24) is 15.2 Å². The Morgan fingerprint density at radius 2 is 2.11 bits per heavy atom. The summed E-state index contributed by atoms with van der Waals surface area (Å²) in [5, 5.41) is 3.26. The Morgan fingerprint density at radius 3 is 2.82 bits per heavy atom. The number of halogens is 3. The van der Waals surface area contributed by atoms with Gasteiger partial charge in [0.25, 0.3) is 5.91 Å². The van der Waals surface area contributed by atoms with Crippen LogP contribution in [0.2, 0.25) is 5.02 Å². The fourth-order valence-electron chi connectivity index (χ4n) is 3.35. The zero-order chi connectivity index (χ0) is 19.8. The standard InChI is InChI=1S/C19H18ClF2N3O3/c20-13-6-11-5-12(8-23-15(11)7-16(13)28-19(21)22)17(26)24-14-3-4-25(18(14)27)9-10-1-2-10/h5-8,10,14,19H,1-4,9H2,(H,24,26). The predicted molar refractivity (Wildman–Crippen MR) is 98.6 cm³/mol. The molecule has 1 unspecified atom stereocenters. The third-order valence-electron chi connectivity index (χ3n) is 4.99. The van der Waals surface area contributed by atoms with Gasteiger partial charge in [-0.2, -0.15) is 8.78 Å². The average molecular weight is 410 g/mol. The Labute approximate surface area is 164 Å². The van der Waals surface area contributed by atoms with Crippen LogP contribution in [0.25, 0.3) is 10.9 Å². The molecule has 1 aliphatic carbocycles. The highest BCUT2D eigenvalue weighted by molar-refractivity contribution is 6.32. The number of pyridine rings is 1. The molecule has 0 radical (unpaired) electrons. The highest BCUT2D eigenvalue weighted by Gasteiger charge is 2.36. The molecule has 28 heavy (non-hydrogen) atoms. The summed E-state index contributed by atoms with van der Waals surface area (Å²) in [4.78, 5) is 30.9. The van der Waals surface area contributed by atoms with Crippen molar-refractivity contribution in [1.29, 1.82) is 0 Å². The second kappa shape index (κ2) is 7.50. The van der Waals surface area contributed by atoms with Crippen LogP contribution in [0.5, 0.6) is 5.75 Å². The molecule has 1 aromatic heterocycles. The molecule has 1 atom stereocenters. The zero-order valence-electron chi connectivity index (χ0n) is 14.8. The molecule has 2 heterocycles. The molecule has 9 heteroatoms. The van der Waals surface area contributed by atoms with E-state index < -0.39 is 18.6 Å². The van der Waals surface area contributed by atoms with E-state index in [0.29, 0.717) is 29.8 Å². The maximum absolute atomic E-state index is 12.5. The number of ether oxygens (including phenoxy) is 1. The van der Waals surface area contributed by atoms with E-state index in [-0.39, 0.29) is 22.2 Å². The van der Waals surface area contributed by atoms with E-state index in [1.165, 1.54) is 18.3 Å². The molecular formula is C19H18ClF2N3O3. The minimum absolute atomic E-state index is 0.00570. The molecular weight excluding hydrogens is 392 g/mol. The van der Waals surface area contributed by atoms with Crippen LogP contribution in [0.3, 0.4) is 0 Å². The van der Waals surface area contributed by atoms with Crippen molar-refractivity contribution in [2.45, 2.75) is 31.9 Å². The Morgan fingerprint density at radius 1 is 1.32 bits per heavy atom. The third-order valence-corrected chi connectivity index (χ3v) is 5.29. The predicted octanol–water partition coefficient (Wildman–Crippen LogP) is 3.23. The Hall–Kier alpha value is -2.48. The number of carbonyl (C=O) groups excluding carboxylic acids is 2. The minimum atomic E-state index is -3.00. The maximum atomic E-state index is 12.5. The van der Waals surface area contributed by atoms with Crippen molar-refractivity contribution in [3.63, 3.8) is 0 Å². The molecule has 4 rings (SSSR count). The lowest BCUT2D eigenvalue weighted by Gasteiger charge is -2.16. The van der Waals surface area contributed by atoms with E-state index in [2.05, 4.69) is 15.0 Å². The minimum Gasteiger partial charge on any atom is -0.433 e. The van der Waals surface area contributed by atoms with Crippen LogP contribution in [-0.2, 0) is 4.79 Å². The number of hydrogen-bond donors (Lipinski definition) is 1. The van der Waals surface area contributed by atoms with Crippen molar-refractivity contribution in [2.24, 2.45) is 5.92 Å².